The van der Waals surface area contributed by atoms with Crippen molar-refractivity contribution in [3.05, 3.63) is 39.9 Å². The van der Waals surface area contributed by atoms with Gasteiger partial charge in [-0.3, -0.25) is 19.9 Å². The molecule has 0 aliphatic heterocycles. The van der Waals surface area contributed by atoms with Crippen molar-refractivity contribution >= 4 is 34.4 Å². The van der Waals surface area contributed by atoms with Crippen LogP contribution < -0.4 is 16.2 Å². The average molecular weight is 473 g/mol. The number of hydrogen-bond donors (Lipinski definition) is 2. The van der Waals surface area contributed by atoms with Gasteiger partial charge in [-0.2, -0.15) is 0 Å². The van der Waals surface area contributed by atoms with Crippen LogP contribution in [0.25, 0.3) is 10.9 Å². The van der Waals surface area contributed by atoms with E-state index in [-0.39, 0.29) is 40.6 Å². The minimum absolute atomic E-state index is 0.0290. The Morgan fingerprint density at radius 1 is 1.12 bits per heavy atom. The summed E-state index contributed by atoms with van der Waals surface area (Å²) in [5.74, 6) is -0.324. The van der Waals surface area contributed by atoms with Crippen LogP contribution in [-0.2, 0) is 11.8 Å². The van der Waals surface area contributed by atoms with Gasteiger partial charge >= 0.3 is 6.03 Å². The number of aryl methyl sites for hydroxylation is 2. The molecule has 7 nitrogen and oxygen atoms in total. The number of hydrogen-bond acceptors (Lipinski definition) is 4. The van der Waals surface area contributed by atoms with Crippen molar-refractivity contribution in [1.29, 1.82) is 0 Å². The minimum Gasteiger partial charge on any atom is -0.335 e. The Hall–Kier alpha value is -2.41. The summed E-state index contributed by atoms with van der Waals surface area (Å²) in [5.41, 5.74) is 2.41. The zero-order valence-electron chi connectivity index (χ0n) is 19.6. The number of fused-ring (bicyclic) bond motifs is 1. The van der Waals surface area contributed by atoms with E-state index in [0.29, 0.717) is 12.8 Å². The van der Waals surface area contributed by atoms with E-state index in [2.05, 4.69) is 22.5 Å². The number of amides is 3. The molecule has 2 heterocycles. The maximum atomic E-state index is 13.2. The van der Waals surface area contributed by atoms with Crippen LogP contribution in [0, 0.1) is 18.8 Å². The van der Waals surface area contributed by atoms with E-state index in [1.165, 1.54) is 0 Å². The third-order valence-electron chi connectivity index (χ3n) is 7.47. The van der Waals surface area contributed by atoms with Gasteiger partial charge in [0.2, 0.25) is 5.91 Å². The van der Waals surface area contributed by atoms with Crippen molar-refractivity contribution in [1.82, 2.24) is 20.2 Å². The molecule has 3 amide bonds. The molecular formula is C25H33ClN4O3. The normalized spacial score (nSPS) is 27.8. The quantitative estimate of drug-likeness (QED) is 0.656. The molecule has 4 rings (SSSR count). The van der Waals surface area contributed by atoms with Crippen LogP contribution in [-0.4, -0.2) is 32.9 Å². The molecule has 0 saturated heterocycles. The Morgan fingerprint density at radius 2 is 1.85 bits per heavy atom. The van der Waals surface area contributed by atoms with E-state index in [9.17, 15) is 14.4 Å². The molecule has 2 aromatic heterocycles. The minimum atomic E-state index is -0.434. The fourth-order valence-corrected chi connectivity index (χ4v) is 5.63. The summed E-state index contributed by atoms with van der Waals surface area (Å²) >= 11 is 6.13. The van der Waals surface area contributed by atoms with Gasteiger partial charge in [0.25, 0.3) is 5.56 Å². The first-order chi connectivity index (χ1) is 15.7. The monoisotopic (exact) mass is 472 g/mol. The van der Waals surface area contributed by atoms with E-state index >= 15 is 0 Å². The number of carbonyl (C=O) groups excluding carboxylic acids is 2. The Bertz CT molecular complexity index is 1110. The highest BCUT2D eigenvalue weighted by Crippen LogP contribution is 2.40. The van der Waals surface area contributed by atoms with Gasteiger partial charge in [-0.05, 0) is 75.8 Å². The molecule has 0 bridgehead atoms. The van der Waals surface area contributed by atoms with Gasteiger partial charge in [0, 0.05) is 47.2 Å². The highest BCUT2D eigenvalue weighted by Gasteiger charge is 2.35. The van der Waals surface area contributed by atoms with E-state index in [1.807, 2.05) is 19.1 Å². The molecule has 8 heteroatoms. The largest absolute Gasteiger partial charge is 0.335 e. The van der Waals surface area contributed by atoms with Gasteiger partial charge in [0.15, 0.2) is 0 Å². The van der Waals surface area contributed by atoms with Crippen molar-refractivity contribution in [2.45, 2.75) is 76.1 Å². The number of nitrogens with one attached hydrogen (secondary N) is 2. The van der Waals surface area contributed by atoms with Crippen LogP contribution in [0.1, 0.15) is 69.0 Å². The number of nitrogens with zero attached hydrogens (tertiary/aromatic N) is 2. The number of aromatic nitrogens is 2. The molecular weight excluding hydrogens is 440 g/mol. The highest BCUT2D eigenvalue weighted by molar-refractivity contribution is 6.20. The van der Waals surface area contributed by atoms with Gasteiger partial charge in [-0.1, -0.05) is 6.92 Å². The molecule has 3 unspecified atom stereocenters. The lowest BCUT2D eigenvalue weighted by Gasteiger charge is -2.34. The summed E-state index contributed by atoms with van der Waals surface area (Å²) in [6, 6.07) is 3.48. The standard InChI is InChI=1S/C25H33ClN4O3/c1-14-4-5-16(23(31)29-25(33)28-19-8-6-18(26)7-9-19)11-20(14)21-12-17-13-27-15(2)10-22(17)30(3)24(21)32/h10,12-14,16,18-20H,4-9,11H2,1-3H3,(H2,28,29,31,33). The molecule has 0 radical (unpaired) electrons. The summed E-state index contributed by atoms with van der Waals surface area (Å²) in [6.45, 7) is 4.04. The van der Waals surface area contributed by atoms with Crippen LogP contribution >= 0.6 is 11.6 Å². The average Bonchev–Trinajstić information content (AvgIpc) is 2.78. The van der Waals surface area contributed by atoms with Gasteiger partial charge in [-0.25, -0.2) is 4.79 Å². The number of halogens is 1. The van der Waals surface area contributed by atoms with Gasteiger partial charge in [0.1, 0.15) is 0 Å². The van der Waals surface area contributed by atoms with Gasteiger partial charge < -0.3 is 9.88 Å². The lowest BCUT2D eigenvalue weighted by molar-refractivity contribution is -0.125. The molecule has 2 aliphatic carbocycles. The molecule has 2 aliphatic rings. The molecule has 2 N–H and O–H groups in total. The maximum absolute atomic E-state index is 13.2. The molecule has 3 atom stereocenters. The lowest BCUT2D eigenvalue weighted by Crippen LogP contribution is -2.48. The van der Waals surface area contributed by atoms with Crippen molar-refractivity contribution in [3.63, 3.8) is 0 Å². The summed E-state index contributed by atoms with van der Waals surface area (Å²) in [7, 11) is 1.79. The van der Waals surface area contributed by atoms with Gasteiger partial charge in [-0.15, -0.1) is 11.6 Å². The number of carbonyl (C=O) groups is 2. The van der Waals surface area contributed by atoms with Crippen molar-refractivity contribution in [2.24, 2.45) is 18.9 Å². The first-order valence-electron chi connectivity index (χ1n) is 11.9. The summed E-state index contributed by atoms with van der Waals surface area (Å²) in [4.78, 5) is 42.9. The van der Waals surface area contributed by atoms with Crippen molar-refractivity contribution < 1.29 is 9.59 Å². The number of alkyl halides is 1. The number of urea groups is 1. The smallest absolute Gasteiger partial charge is 0.321 e. The Kier molecular flexibility index (Phi) is 7.07. The first-order valence-corrected chi connectivity index (χ1v) is 12.4. The van der Waals surface area contributed by atoms with Crippen LogP contribution in [0.4, 0.5) is 4.79 Å². The lowest BCUT2D eigenvalue weighted by atomic mass is 9.71. The fourth-order valence-electron chi connectivity index (χ4n) is 5.38. The topological polar surface area (TPSA) is 93.1 Å². The van der Waals surface area contributed by atoms with E-state index < -0.39 is 6.03 Å². The number of rotatable bonds is 3. The van der Waals surface area contributed by atoms with Gasteiger partial charge in [0.05, 0.1) is 5.52 Å². The Labute approximate surface area is 199 Å². The molecule has 2 aromatic rings. The molecule has 2 saturated carbocycles. The molecule has 0 aromatic carbocycles. The highest BCUT2D eigenvalue weighted by atomic mass is 35.5. The zero-order chi connectivity index (χ0) is 23.7. The van der Waals surface area contributed by atoms with Crippen LogP contribution in [0.3, 0.4) is 0 Å². The fraction of sp³-hybridized carbons (Fsp3) is 0.600. The van der Waals surface area contributed by atoms with Crippen LogP contribution in [0.5, 0.6) is 0 Å². The third kappa shape index (κ3) is 5.24. The third-order valence-corrected chi connectivity index (χ3v) is 7.90. The Morgan fingerprint density at radius 3 is 2.58 bits per heavy atom. The van der Waals surface area contributed by atoms with E-state index in [1.54, 1.807) is 17.8 Å². The first kappa shape index (κ1) is 23.7. The second-order valence-corrected chi connectivity index (χ2v) is 10.5. The summed E-state index contributed by atoms with van der Waals surface area (Å²) < 4.78 is 1.68. The second-order valence-electron chi connectivity index (χ2n) is 9.85. The molecule has 0 spiro atoms. The van der Waals surface area contributed by atoms with E-state index in [4.69, 9.17) is 11.6 Å². The van der Waals surface area contributed by atoms with E-state index in [0.717, 1.165) is 54.3 Å². The van der Waals surface area contributed by atoms with Crippen LogP contribution in [0.15, 0.2) is 23.1 Å². The predicted octanol–water partition coefficient (Wildman–Crippen LogP) is 4.14. The molecule has 178 valence electrons. The number of imide groups is 1. The molecule has 2 fully saturated rings. The predicted molar refractivity (Wildman–Crippen MR) is 130 cm³/mol. The maximum Gasteiger partial charge on any atom is 0.321 e. The molecule has 33 heavy (non-hydrogen) atoms. The summed E-state index contributed by atoms with van der Waals surface area (Å²) in [6.07, 6.45) is 7.30. The Balaban J connectivity index is 1.46. The SMILES string of the molecule is Cc1cc2c(cn1)cc(C1CC(C(=O)NC(=O)NC3CCC(Cl)CC3)CCC1C)c(=O)n2C. The summed E-state index contributed by atoms with van der Waals surface area (Å²) in [5, 5.41) is 6.55. The van der Waals surface area contributed by atoms with Crippen molar-refractivity contribution in [3.8, 4) is 0 Å². The number of pyridine rings is 2. The zero-order valence-corrected chi connectivity index (χ0v) is 20.3. The van der Waals surface area contributed by atoms with Crippen molar-refractivity contribution in [2.75, 3.05) is 0 Å². The van der Waals surface area contributed by atoms with Crippen LogP contribution in [0.2, 0.25) is 0 Å². The second kappa shape index (κ2) is 9.84.